The van der Waals surface area contributed by atoms with Crippen LogP contribution in [0.25, 0.3) is 10.8 Å². The van der Waals surface area contributed by atoms with Crippen LogP contribution < -0.4 is 4.74 Å². The largest absolute Gasteiger partial charge is 0.507 e. The summed E-state index contributed by atoms with van der Waals surface area (Å²) in [6.07, 6.45) is -12.9. The molecule has 2 fully saturated rings. The Labute approximate surface area is 330 Å². The van der Waals surface area contributed by atoms with Crippen molar-refractivity contribution in [1.29, 1.82) is 0 Å². The lowest BCUT2D eigenvalue weighted by molar-refractivity contribution is -0.299. The van der Waals surface area contributed by atoms with Crippen LogP contribution in [0, 0.1) is 12.8 Å². The maximum absolute atomic E-state index is 13.9. The highest BCUT2D eigenvalue weighted by atomic mass is 16.7. The first kappa shape index (κ1) is 44.2. The number of ketones is 2. The minimum absolute atomic E-state index is 0.00146. The molecule has 5 N–H and O–H groups in total. The Bertz CT molecular complexity index is 1810. The van der Waals surface area contributed by atoms with Crippen molar-refractivity contribution >= 4 is 34.3 Å². The zero-order valence-electron chi connectivity index (χ0n) is 33.3. The minimum atomic E-state index is -1.77. The van der Waals surface area contributed by atoms with Gasteiger partial charge in [-0.25, -0.2) is 0 Å². The van der Waals surface area contributed by atoms with Crippen LogP contribution in [0.5, 0.6) is 17.2 Å². The van der Waals surface area contributed by atoms with Crippen molar-refractivity contribution in [1.82, 2.24) is 0 Å². The number of phenolic OH excluding ortho intramolecular Hbond substituents is 2. The lowest BCUT2D eigenvalue weighted by atomic mass is 9.75. The van der Waals surface area contributed by atoms with Crippen molar-refractivity contribution in [3.05, 3.63) is 28.8 Å². The molecule has 57 heavy (non-hydrogen) atoms. The zero-order chi connectivity index (χ0) is 42.0. The van der Waals surface area contributed by atoms with Crippen LogP contribution >= 0.6 is 0 Å². The molecule has 4 unspecified atom stereocenters. The number of hydrogen-bond donors (Lipinski definition) is 5. The summed E-state index contributed by atoms with van der Waals surface area (Å²) in [7, 11) is 2.50. The molecule has 0 aromatic heterocycles. The molecule has 2 aromatic rings. The monoisotopic (exact) mass is 806 g/mol. The normalized spacial score (nSPS) is 30.5. The third-order valence-electron chi connectivity index (χ3n) is 11.0. The number of Topliss-reactive ketones (excluding diaryl/α,β-unsaturated/α-hetero) is 2. The van der Waals surface area contributed by atoms with Crippen molar-refractivity contribution in [2.45, 2.75) is 147 Å². The number of aliphatic hydroxyl groups is 3. The molecule has 3 aliphatic rings. The molecule has 2 saturated heterocycles. The van der Waals surface area contributed by atoms with Gasteiger partial charge in [-0.15, -0.1) is 0 Å². The van der Waals surface area contributed by atoms with E-state index in [1.165, 1.54) is 21.1 Å². The van der Waals surface area contributed by atoms with Crippen molar-refractivity contribution in [3.8, 4) is 17.2 Å². The summed E-state index contributed by atoms with van der Waals surface area (Å²) in [6.45, 7) is 9.37. The van der Waals surface area contributed by atoms with E-state index >= 15 is 0 Å². The average Bonchev–Trinajstić information content (AvgIpc) is 3.17. The fourth-order valence-corrected chi connectivity index (χ4v) is 7.74. The third kappa shape index (κ3) is 9.05. The summed E-state index contributed by atoms with van der Waals surface area (Å²) in [5.41, 5.74) is 0.401. The number of aromatic hydroxyl groups is 2. The topological polar surface area (TPSA) is 243 Å². The standard InChI is InChI=1S/C40H54O17/c1-9-26(41)52-19(6)35(46)38(49)40(51-8)22-12-20-11-21-13-23(16(3)32(43)30(21)36(47)31(20)37(48)39(22)50-7)56-28-15-25(34(45)18(5)53-28)57-29-14-24(55-27(42)10-2)33(44)17(4)54-29/h11,13,17-19,22,24-25,28-29,33-35,39-40,43-47H,9-10,12,14-15H2,1-8H3/t17?,18?,19-,22-,24?,25?,28+,29+,33-,34-,35+,39+,40+/m1/s1. The highest BCUT2D eigenvalue weighted by Crippen LogP contribution is 2.46. The Hall–Kier alpha value is -3.94. The molecule has 2 aliphatic heterocycles. The summed E-state index contributed by atoms with van der Waals surface area (Å²) in [5.74, 6) is -4.31. The van der Waals surface area contributed by atoms with E-state index in [1.807, 2.05) is 0 Å². The first-order chi connectivity index (χ1) is 26.9. The maximum Gasteiger partial charge on any atom is 0.305 e. The van der Waals surface area contributed by atoms with Crippen LogP contribution in [0.1, 0.15) is 81.8 Å². The Morgan fingerprint density at radius 3 is 2.14 bits per heavy atom. The van der Waals surface area contributed by atoms with Gasteiger partial charge < -0.3 is 63.4 Å². The van der Waals surface area contributed by atoms with E-state index in [1.54, 1.807) is 46.8 Å². The van der Waals surface area contributed by atoms with E-state index in [9.17, 15) is 44.7 Å². The molecule has 0 amide bonds. The van der Waals surface area contributed by atoms with Crippen LogP contribution in [0.15, 0.2) is 12.1 Å². The lowest BCUT2D eigenvalue weighted by Crippen LogP contribution is -2.54. The van der Waals surface area contributed by atoms with Crippen LogP contribution in [0.3, 0.4) is 0 Å². The number of carbonyl (C=O) groups is 4. The molecule has 316 valence electrons. The molecular formula is C40H54O17. The molecule has 0 spiro atoms. The predicted molar refractivity (Wildman–Crippen MR) is 198 cm³/mol. The van der Waals surface area contributed by atoms with Crippen molar-refractivity contribution in [2.75, 3.05) is 14.2 Å². The van der Waals surface area contributed by atoms with Crippen molar-refractivity contribution in [3.63, 3.8) is 0 Å². The Balaban J connectivity index is 1.41. The van der Waals surface area contributed by atoms with Gasteiger partial charge in [0.15, 0.2) is 24.0 Å². The van der Waals surface area contributed by atoms with Gasteiger partial charge >= 0.3 is 11.9 Å². The SMILES string of the molecule is CCC(=O)OC1C[C@H](OC2C[C@H](Oc3cc4cc5c(c(O)c4c(O)c3C)C(=O)[C@@H](OC)[C@H]([C@H](OC)C(=O)[C@@H](O)[C@@H](C)OC(=O)CC)C5)OC(C)[C@H]2O)OC(C)[C@H]1O. The number of phenols is 2. The number of fused-ring (bicyclic) bond motifs is 2. The van der Waals surface area contributed by atoms with Gasteiger partial charge in [-0.3, -0.25) is 19.2 Å². The van der Waals surface area contributed by atoms with Crippen LogP contribution in [-0.4, -0.2) is 137 Å². The molecule has 0 radical (unpaired) electrons. The number of ether oxygens (including phenoxy) is 8. The number of esters is 2. The maximum atomic E-state index is 13.9. The van der Waals surface area contributed by atoms with Gasteiger partial charge in [0.1, 0.15) is 53.9 Å². The second-order valence-electron chi connectivity index (χ2n) is 14.8. The Morgan fingerprint density at radius 2 is 1.53 bits per heavy atom. The molecule has 17 heteroatoms. The molecule has 17 nitrogen and oxygen atoms in total. The lowest BCUT2D eigenvalue weighted by Gasteiger charge is -2.42. The summed E-state index contributed by atoms with van der Waals surface area (Å²) >= 11 is 0. The van der Waals surface area contributed by atoms with Gasteiger partial charge in [-0.1, -0.05) is 13.8 Å². The Kier molecular flexibility index (Phi) is 14.2. The van der Waals surface area contributed by atoms with Crippen molar-refractivity contribution < 1.29 is 82.6 Å². The fourth-order valence-electron chi connectivity index (χ4n) is 7.74. The first-order valence-corrected chi connectivity index (χ1v) is 19.2. The average molecular weight is 807 g/mol. The number of benzene rings is 2. The molecule has 2 heterocycles. The number of hydrogen-bond acceptors (Lipinski definition) is 17. The second kappa shape index (κ2) is 18.3. The summed E-state index contributed by atoms with van der Waals surface area (Å²) < 4.78 is 45.8. The highest BCUT2D eigenvalue weighted by molar-refractivity contribution is 6.11. The summed E-state index contributed by atoms with van der Waals surface area (Å²) in [5, 5.41) is 55.6. The van der Waals surface area contributed by atoms with E-state index in [0.717, 1.165) is 0 Å². The quantitative estimate of drug-likeness (QED) is 0.172. The van der Waals surface area contributed by atoms with E-state index in [-0.39, 0.29) is 65.5 Å². The number of aliphatic hydroxyl groups excluding tert-OH is 3. The van der Waals surface area contributed by atoms with Crippen LogP contribution in [0.4, 0.5) is 0 Å². The first-order valence-electron chi connectivity index (χ1n) is 19.2. The molecule has 5 rings (SSSR count). The van der Waals surface area contributed by atoms with Gasteiger partial charge in [0, 0.05) is 51.4 Å². The molecule has 0 saturated carbocycles. The number of rotatable bonds is 14. The van der Waals surface area contributed by atoms with Crippen LogP contribution in [-0.2, 0) is 54.0 Å². The molecule has 1 aliphatic carbocycles. The van der Waals surface area contributed by atoms with E-state index in [2.05, 4.69) is 0 Å². The molecule has 13 atom stereocenters. The number of methoxy groups -OCH3 is 2. The van der Waals surface area contributed by atoms with Crippen molar-refractivity contribution in [2.24, 2.45) is 5.92 Å². The van der Waals surface area contributed by atoms with Crippen LogP contribution in [0.2, 0.25) is 0 Å². The van der Waals surface area contributed by atoms with Gasteiger partial charge in [-0.2, -0.15) is 0 Å². The third-order valence-corrected chi connectivity index (χ3v) is 11.0. The molecule has 0 bridgehead atoms. The smallest absolute Gasteiger partial charge is 0.305 e. The summed E-state index contributed by atoms with van der Waals surface area (Å²) in [4.78, 5) is 51.3. The second-order valence-corrected chi connectivity index (χ2v) is 14.8. The highest BCUT2D eigenvalue weighted by Gasteiger charge is 2.47. The van der Waals surface area contributed by atoms with E-state index in [4.69, 9.17) is 37.9 Å². The fraction of sp³-hybridized carbons (Fsp3) is 0.650. The Morgan fingerprint density at radius 1 is 0.912 bits per heavy atom. The predicted octanol–water partition coefficient (Wildman–Crippen LogP) is 2.29. The summed E-state index contributed by atoms with van der Waals surface area (Å²) in [6, 6.07) is 3.12. The zero-order valence-corrected chi connectivity index (χ0v) is 33.3. The van der Waals surface area contributed by atoms with E-state index < -0.39 is 109 Å². The van der Waals surface area contributed by atoms with Gasteiger partial charge in [0.2, 0.25) is 6.29 Å². The number of carbonyl (C=O) groups excluding carboxylic acids is 4. The van der Waals surface area contributed by atoms with Gasteiger partial charge in [0.25, 0.3) is 0 Å². The van der Waals surface area contributed by atoms with E-state index in [0.29, 0.717) is 5.56 Å². The molecule has 2 aromatic carbocycles. The minimum Gasteiger partial charge on any atom is -0.507 e. The van der Waals surface area contributed by atoms with Gasteiger partial charge in [0.05, 0.1) is 29.3 Å². The van der Waals surface area contributed by atoms with Gasteiger partial charge in [-0.05, 0) is 57.2 Å². The molecular weight excluding hydrogens is 752 g/mol.